The Morgan fingerprint density at radius 2 is 1.70 bits per heavy atom. The molecule has 0 saturated carbocycles. The topological polar surface area (TPSA) is 259 Å². The van der Waals surface area contributed by atoms with Crippen LogP contribution in [-0.4, -0.2) is 122 Å². The van der Waals surface area contributed by atoms with E-state index in [0.29, 0.717) is 0 Å². The fourth-order valence-corrected chi connectivity index (χ4v) is 8.74. The van der Waals surface area contributed by atoms with E-state index in [1.165, 1.54) is 20.1 Å². The minimum atomic E-state index is -3.25. The molecule has 7 rings (SSSR count). The lowest BCUT2D eigenvalue weighted by Gasteiger charge is -2.53. The summed E-state index contributed by atoms with van der Waals surface area (Å²) in [5, 5.41) is 71.2. The van der Waals surface area contributed by atoms with Crippen molar-refractivity contribution in [1.82, 2.24) is 5.32 Å². The number of hydrogen-bond acceptors (Lipinski definition) is 15. The maximum Gasteiger partial charge on any atom is 0.255 e. The van der Waals surface area contributed by atoms with E-state index in [1.54, 1.807) is 37.3 Å². The van der Waals surface area contributed by atoms with Crippen LogP contribution in [0, 0.1) is 12.8 Å². The van der Waals surface area contributed by atoms with E-state index >= 15 is 0 Å². The number of phenols is 2. The molecule has 0 radical (unpaired) electrons. The van der Waals surface area contributed by atoms with Gasteiger partial charge in [0, 0.05) is 43.9 Å². The molecule has 0 unspecified atom stereocenters. The summed E-state index contributed by atoms with van der Waals surface area (Å²) in [6.45, 7) is 2.50. The Hall–Kier alpha value is -5.20. The van der Waals surface area contributed by atoms with Crippen LogP contribution in [0.25, 0.3) is 0 Å². The molecule has 3 aliphatic carbocycles. The van der Waals surface area contributed by atoms with E-state index in [1.807, 2.05) is 0 Å². The van der Waals surface area contributed by atoms with Gasteiger partial charge in [-0.1, -0.05) is 36.4 Å². The highest BCUT2D eigenvalue weighted by molar-refractivity contribution is 6.53. The summed E-state index contributed by atoms with van der Waals surface area (Å²) < 4.78 is 16.7. The van der Waals surface area contributed by atoms with Crippen LogP contribution >= 0.6 is 0 Å². The third kappa shape index (κ3) is 5.39. The number of ketones is 4. The number of aliphatic hydroxyl groups excluding tert-OH is 3. The van der Waals surface area contributed by atoms with Crippen molar-refractivity contribution in [3.8, 4) is 11.5 Å². The molecule has 8 atom stereocenters. The van der Waals surface area contributed by atoms with Gasteiger partial charge in [0.05, 0.1) is 59.7 Å². The van der Waals surface area contributed by atoms with Gasteiger partial charge in [0.15, 0.2) is 23.2 Å². The van der Waals surface area contributed by atoms with Crippen molar-refractivity contribution in [2.45, 2.75) is 75.1 Å². The van der Waals surface area contributed by atoms with Crippen LogP contribution < -0.4 is 5.32 Å². The van der Waals surface area contributed by atoms with Gasteiger partial charge in [0.1, 0.15) is 17.6 Å². The van der Waals surface area contributed by atoms with Crippen molar-refractivity contribution in [3.05, 3.63) is 92.5 Å². The molecule has 3 aromatic carbocycles. The van der Waals surface area contributed by atoms with Crippen molar-refractivity contribution >= 4 is 34.8 Å². The molecule has 7 N–H and O–H groups in total. The van der Waals surface area contributed by atoms with Gasteiger partial charge in [-0.3, -0.25) is 29.0 Å². The van der Waals surface area contributed by atoms with E-state index in [2.05, 4.69) is 10.3 Å². The molecule has 3 aromatic rings. The van der Waals surface area contributed by atoms with Crippen LogP contribution in [0.1, 0.15) is 87.4 Å². The molecule has 16 heteroatoms. The second kappa shape index (κ2) is 14.1. The zero-order chi connectivity index (χ0) is 40.6. The first kappa shape index (κ1) is 39.1. The van der Waals surface area contributed by atoms with Crippen molar-refractivity contribution in [2.24, 2.45) is 10.9 Å². The van der Waals surface area contributed by atoms with Gasteiger partial charge in [-0.2, -0.15) is 0 Å². The van der Waals surface area contributed by atoms with Gasteiger partial charge in [-0.25, -0.2) is 0 Å². The number of rotatable bonds is 7. The van der Waals surface area contributed by atoms with Crippen LogP contribution in [0.5, 0.6) is 11.5 Å². The summed E-state index contributed by atoms with van der Waals surface area (Å²) in [5.41, 5.74) is -9.28. The molecular weight excluding hydrogens is 732 g/mol. The van der Waals surface area contributed by atoms with Gasteiger partial charge >= 0.3 is 0 Å². The number of Topliss-reactive ketones (excluding diaryl/α,β-unsaturated/α-hetero) is 4. The minimum Gasteiger partial charge on any atom is -0.507 e. The summed E-state index contributed by atoms with van der Waals surface area (Å²) >= 11 is 0. The molecule has 0 aromatic heterocycles. The Balaban J connectivity index is 1.36. The molecule has 1 heterocycles. The molecule has 1 saturated heterocycles. The van der Waals surface area contributed by atoms with Gasteiger partial charge in [-0.05, 0) is 36.6 Å². The second-order valence-electron chi connectivity index (χ2n) is 14.5. The fraction of sp³-hybridized carbons (Fsp3) is 0.400. The molecule has 1 aliphatic heterocycles. The lowest BCUT2D eigenvalue weighted by atomic mass is 9.56. The standard InChI is InChI=1S/C40H40N2O14/c1-16-10-19-11-25(45)40(55-4)36(51)28-21(35(50)39(40,53)29(19)33(49)26(16)37(52)41-14-18-8-6-5-7-9-18)12-20-27(32(28)48)24(44)13-23(30(20)46)42-38-22(15-43)31(47)34(54-3)17(2)56-38/h5-10,12,17,22,25,31,34,38,43,45,47-49,53H,11,13-15H2,1-4H3,(H,41,52)/t17-,22+,25+,31-,34-,38-,39-,40+/m0/s1. The number of ether oxygens (including phenoxy) is 3. The lowest BCUT2D eigenvalue weighted by Crippen LogP contribution is -2.73. The number of aromatic hydroxyl groups is 2. The Bertz CT molecular complexity index is 2240. The average molecular weight is 773 g/mol. The zero-order valence-electron chi connectivity index (χ0n) is 30.7. The molecule has 56 heavy (non-hydrogen) atoms. The maximum absolute atomic E-state index is 14.8. The predicted octanol–water partition coefficient (Wildman–Crippen LogP) is 0.845. The number of aliphatic imine (C=N–C) groups is 1. The predicted molar refractivity (Wildman–Crippen MR) is 193 cm³/mol. The van der Waals surface area contributed by atoms with E-state index in [-0.39, 0.29) is 23.2 Å². The van der Waals surface area contributed by atoms with Gasteiger partial charge < -0.3 is 50.2 Å². The molecule has 294 valence electrons. The first-order chi connectivity index (χ1) is 26.6. The molecule has 0 spiro atoms. The highest BCUT2D eigenvalue weighted by atomic mass is 16.6. The molecule has 1 fully saturated rings. The Labute approximate surface area is 319 Å². The Kier molecular flexibility index (Phi) is 9.81. The number of nitrogens with one attached hydrogen (secondary N) is 1. The summed E-state index contributed by atoms with van der Waals surface area (Å²) in [7, 11) is 2.28. The number of methoxy groups -OCH3 is 2. The van der Waals surface area contributed by atoms with Crippen molar-refractivity contribution in [1.29, 1.82) is 0 Å². The number of aryl methyl sites for hydroxylation is 1. The van der Waals surface area contributed by atoms with E-state index in [0.717, 1.165) is 18.7 Å². The van der Waals surface area contributed by atoms with E-state index in [9.17, 15) is 54.6 Å². The number of nitrogens with zero attached hydrogens (tertiary/aromatic N) is 1. The van der Waals surface area contributed by atoms with E-state index < -0.39 is 141 Å². The first-order valence-electron chi connectivity index (χ1n) is 17.8. The largest absolute Gasteiger partial charge is 0.507 e. The van der Waals surface area contributed by atoms with Gasteiger partial charge in [-0.15, -0.1) is 0 Å². The second-order valence-corrected chi connectivity index (χ2v) is 14.5. The average Bonchev–Trinajstić information content (AvgIpc) is 3.15. The third-order valence-corrected chi connectivity index (χ3v) is 11.5. The van der Waals surface area contributed by atoms with Gasteiger partial charge in [0.2, 0.25) is 17.3 Å². The van der Waals surface area contributed by atoms with Crippen LogP contribution in [0.15, 0.2) is 47.5 Å². The zero-order valence-corrected chi connectivity index (χ0v) is 30.7. The SMILES string of the molecule is CO[C@@H]1[C@@H](O)[C@@H](CO)[C@@H](N=C2CC(=O)c3c(cc4c(c3O)C(=O)[C@]3(OC)[C@H](O)Cc5cc(C)c(C(=O)NCc6ccccc6)c(O)c5[C@]3(O)C4=O)C2=O)O[C@H]1C. The van der Waals surface area contributed by atoms with Crippen LogP contribution in [0.3, 0.4) is 0 Å². The van der Waals surface area contributed by atoms with Crippen LogP contribution in [0.2, 0.25) is 0 Å². The highest BCUT2D eigenvalue weighted by Crippen LogP contribution is 2.56. The number of carbonyl (C=O) groups excluding carboxylic acids is 5. The number of phenolic OH excluding ortho intramolecular Hbond substituents is 2. The molecule has 4 aliphatic rings. The Morgan fingerprint density at radius 1 is 1.00 bits per heavy atom. The van der Waals surface area contributed by atoms with Gasteiger partial charge in [0.25, 0.3) is 5.91 Å². The molecule has 16 nitrogen and oxygen atoms in total. The smallest absolute Gasteiger partial charge is 0.255 e. The van der Waals surface area contributed by atoms with Crippen molar-refractivity contribution in [3.63, 3.8) is 0 Å². The van der Waals surface area contributed by atoms with Crippen molar-refractivity contribution < 1.29 is 68.8 Å². The summed E-state index contributed by atoms with van der Waals surface area (Å²) in [4.78, 5) is 75.0. The quantitative estimate of drug-likeness (QED) is 0.176. The number of hydrogen-bond donors (Lipinski definition) is 7. The summed E-state index contributed by atoms with van der Waals surface area (Å²) in [5.74, 6) is -8.39. The number of carbonyl (C=O) groups is 5. The first-order valence-corrected chi connectivity index (χ1v) is 17.8. The molecule has 0 bridgehead atoms. The highest BCUT2D eigenvalue weighted by Gasteiger charge is 2.72. The third-order valence-electron chi connectivity index (χ3n) is 11.5. The van der Waals surface area contributed by atoms with Crippen LogP contribution in [-0.2, 0) is 32.8 Å². The molecule has 1 amide bonds. The maximum atomic E-state index is 14.8. The number of amides is 1. The number of aliphatic hydroxyl groups is 4. The summed E-state index contributed by atoms with van der Waals surface area (Å²) in [6.07, 6.45) is -7.30. The van der Waals surface area contributed by atoms with Crippen LogP contribution in [0.4, 0.5) is 0 Å². The lowest BCUT2D eigenvalue weighted by molar-refractivity contribution is -0.206. The number of benzene rings is 3. The fourth-order valence-electron chi connectivity index (χ4n) is 8.74. The monoisotopic (exact) mass is 772 g/mol. The molecular formula is C40H40N2O14. The van der Waals surface area contributed by atoms with E-state index in [4.69, 9.17) is 14.2 Å². The number of fused-ring (bicyclic) bond motifs is 5. The Morgan fingerprint density at radius 3 is 2.34 bits per heavy atom. The normalized spacial score (nSPS) is 30.4. The van der Waals surface area contributed by atoms with Crippen molar-refractivity contribution in [2.75, 3.05) is 20.8 Å². The minimum absolute atomic E-state index is 0.00721. The summed E-state index contributed by atoms with van der Waals surface area (Å²) in [6, 6.07) is 11.1.